The van der Waals surface area contributed by atoms with Crippen LogP contribution in [-0.2, 0) is 11.0 Å². The number of carbonyl (C=O) groups excluding carboxylic acids is 2. The Kier molecular flexibility index (Phi) is 4.92. The van der Waals surface area contributed by atoms with Gasteiger partial charge in [-0.25, -0.2) is 9.78 Å². The highest BCUT2D eigenvalue weighted by molar-refractivity contribution is 5.83. The Bertz CT molecular complexity index is 568. The van der Waals surface area contributed by atoms with Crippen molar-refractivity contribution in [2.24, 2.45) is 5.73 Å². The van der Waals surface area contributed by atoms with Crippen molar-refractivity contribution in [3.05, 3.63) is 23.9 Å². The zero-order chi connectivity index (χ0) is 17.0. The predicted molar refractivity (Wildman–Crippen MR) is 75.6 cm³/mol. The van der Waals surface area contributed by atoms with Gasteiger partial charge in [0.25, 0.3) is 0 Å². The van der Waals surface area contributed by atoms with E-state index in [2.05, 4.69) is 10.3 Å². The van der Waals surface area contributed by atoms with E-state index in [9.17, 15) is 22.8 Å². The van der Waals surface area contributed by atoms with E-state index in [1.54, 1.807) is 9.80 Å². The Morgan fingerprint density at radius 2 is 1.87 bits per heavy atom. The second kappa shape index (κ2) is 6.71. The Labute approximate surface area is 130 Å². The number of rotatable bonds is 3. The first-order chi connectivity index (χ1) is 10.8. The molecule has 2 heterocycles. The highest BCUT2D eigenvalue weighted by Gasteiger charge is 2.31. The number of nitrogens with zero attached hydrogens (tertiary/aromatic N) is 3. The molecule has 1 fully saturated rings. The number of hydrogen-bond donors (Lipinski definition) is 2. The fourth-order valence-corrected chi connectivity index (χ4v) is 2.20. The molecule has 0 spiro atoms. The van der Waals surface area contributed by atoms with Crippen molar-refractivity contribution in [2.75, 3.05) is 37.6 Å². The van der Waals surface area contributed by atoms with Crippen molar-refractivity contribution >= 4 is 17.8 Å². The number of carbonyl (C=O) groups is 2. The minimum Gasteiger partial charge on any atom is -0.353 e. The van der Waals surface area contributed by atoms with Gasteiger partial charge in [0, 0.05) is 32.4 Å². The van der Waals surface area contributed by atoms with E-state index >= 15 is 0 Å². The van der Waals surface area contributed by atoms with Gasteiger partial charge in [-0.2, -0.15) is 13.2 Å². The van der Waals surface area contributed by atoms with E-state index in [-0.39, 0.29) is 12.5 Å². The van der Waals surface area contributed by atoms with Gasteiger partial charge in [0.1, 0.15) is 5.82 Å². The second-order valence-corrected chi connectivity index (χ2v) is 4.99. The Morgan fingerprint density at radius 1 is 1.22 bits per heavy atom. The first-order valence-electron chi connectivity index (χ1n) is 6.86. The lowest BCUT2D eigenvalue weighted by Crippen LogP contribution is -2.51. The van der Waals surface area contributed by atoms with Crippen LogP contribution in [0.2, 0.25) is 0 Å². The third kappa shape index (κ3) is 4.47. The van der Waals surface area contributed by atoms with Gasteiger partial charge in [-0.05, 0) is 12.1 Å². The number of alkyl halides is 3. The van der Waals surface area contributed by atoms with Crippen LogP contribution < -0.4 is 16.0 Å². The number of hydrogen-bond acceptors (Lipinski definition) is 4. The van der Waals surface area contributed by atoms with E-state index in [4.69, 9.17) is 5.73 Å². The lowest BCUT2D eigenvalue weighted by molar-refractivity contribution is -0.137. The van der Waals surface area contributed by atoms with E-state index in [0.29, 0.717) is 32.0 Å². The van der Waals surface area contributed by atoms with Gasteiger partial charge in [-0.3, -0.25) is 4.79 Å². The highest BCUT2D eigenvalue weighted by Crippen LogP contribution is 2.29. The molecule has 0 unspecified atom stereocenters. The van der Waals surface area contributed by atoms with Crippen molar-refractivity contribution < 1.29 is 22.8 Å². The van der Waals surface area contributed by atoms with Crippen LogP contribution in [0, 0.1) is 0 Å². The smallest absolute Gasteiger partial charge is 0.353 e. The molecular formula is C13H16F3N5O2. The van der Waals surface area contributed by atoms with Gasteiger partial charge in [0.15, 0.2) is 0 Å². The summed E-state index contributed by atoms with van der Waals surface area (Å²) in [5.41, 5.74) is 4.10. The molecule has 3 N–H and O–H groups in total. The molecule has 1 aliphatic heterocycles. The van der Waals surface area contributed by atoms with Gasteiger partial charge < -0.3 is 20.9 Å². The average molecular weight is 331 g/mol. The molecular weight excluding hydrogens is 315 g/mol. The maximum Gasteiger partial charge on any atom is 0.417 e. The Hall–Kier alpha value is -2.52. The number of nitrogens with one attached hydrogen (secondary N) is 1. The molecule has 0 atom stereocenters. The summed E-state index contributed by atoms with van der Waals surface area (Å²) < 4.78 is 37.5. The average Bonchev–Trinajstić information content (AvgIpc) is 2.52. The molecule has 1 aromatic rings. The van der Waals surface area contributed by atoms with Crippen molar-refractivity contribution in [3.63, 3.8) is 0 Å². The van der Waals surface area contributed by atoms with Crippen LogP contribution in [0.15, 0.2) is 18.3 Å². The van der Waals surface area contributed by atoms with Crippen molar-refractivity contribution in [1.29, 1.82) is 0 Å². The lowest BCUT2D eigenvalue weighted by Gasteiger charge is -2.35. The number of amides is 3. The zero-order valence-electron chi connectivity index (χ0n) is 12.1. The molecule has 7 nitrogen and oxygen atoms in total. The number of halogens is 3. The normalized spacial score (nSPS) is 15.4. The number of primary amides is 1. The largest absolute Gasteiger partial charge is 0.417 e. The summed E-state index contributed by atoms with van der Waals surface area (Å²) in [6, 6.07) is 1.52. The van der Waals surface area contributed by atoms with Crippen LogP contribution in [0.1, 0.15) is 5.56 Å². The molecule has 23 heavy (non-hydrogen) atoms. The Balaban J connectivity index is 1.89. The fourth-order valence-electron chi connectivity index (χ4n) is 2.20. The van der Waals surface area contributed by atoms with Gasteiger partial charge in [-0.1, -0.05) is 0 Å². The summed E-state index contributed by atoms with van der Waals surface area (Å²) in [4.78, 5) is 29.5. The molecule has 3 amide bonds. The summed E-state index contributed by atoms with van der Waals surface area (Å²) in [6.07, 6.45) is -3.62. The van der Waals surface area contributed by atoms with Crippen LogP contribution in [-0.4, -0.2) is 54.5 Å². The topological polar surface area (TPSA) is 91.6 Å². The first kappa shape index (κ1) is 16.8. The van der Waals surface area contributed by atoms with Crippen LogP contribution in [0.25, 0.3) is 0 Å². The van der Waals surface area contributed by atoms with Gasteiger partial charge in [-0.15, -0.1) is 0 Å². The van der Waals surface area contributed by atoms with E-state index < -0.39 is 17.8 Å². The van der Waals surface area contributed by atoms with Crippen LogP contribution in [0.5, 0.6) is 0 Å². The number of anilines is 1. The minimum absolute atomic E-state index is 0.173. The van der Waals surface area contributed by atoms with Crippen LogP contribution in [0.3, 0.4) is 0 Å². The molecule has 0 aromatic carbocycles. The van der Waals surface area contributed by atoms with E-state index in [1.165, 1.54) is 6.07 Å². The van der Waals surface area contributed by atoms with Crippen LogP contribution in [0.4, 0.5) is 23.8 Å². The summed E-state index contributed by atoms with van der Waals surface area (Å²) in [7, 11) is 0. The molecule has 1 aliphatic rings. The molecule has 0 saturated carbocycles. The van der Waals surface area contributed by atoms with Gasteiger partial charge in [0.2, 0.25) is 5.91 Å². The van der Waals surface area contributed by atoms with Crippen molar-refractivity contribution in [3.8, 4) is 0 Å². The van der Waals surface area contributed by atoms with E-state index in [1.807, 2.05) is 0 Å². The standard InChI is InChI=1S/C13H16F3N5O2/c14-13(15,16)9-1-2-10(18-7-9)20-3-5-21(6-4-20)11(22)8-19-12(17)23/h1-2,7H,3-6,8H2,(H3,17,19,23). The maximum absolute atomic E-state index is 12.5. The van der Waals surface area contributed by atoms with Crippen LogP contribution >= 0.6 is 0 Å². The minimum atomic E-state index is -4.41. The molecule has 126 valence electrons. The van der Waals surface area contributed by atoms with Gasteiger partial charge >= 0.3 is 12.2 Å². The maximum atomic E-state index is 12.5. The van der Waals surface area contributed by atoms with Gasteiger partial charge in [0.05, 0.1) is 12.1 Å². The lowest BCUT2D eigenvalue weighted by atomic mass is 10.2. The predicted octanol–water partition coefficient (Wildman–Crippen LogP) is 0.417. The Morgan fingerprint density at radius 3 is 2.35 bits per heavy atom. The number of nitrogens with two attached hydrogens (primary N) is 1. The van der Waals surface area contributed by atoms with E-state index in [0.717, 1.165) is 12.3 Å². The summed E-state index contributed by atoms with van der Waals surface area (Å²) in [5, 5.41) is 2.22. The highest BCUT2D eigenvalue weighted by atomic mass is 19.4. The summed E-state index contributed by atoms with van der Waals surface area (Å²) in [5.74, 6) is 0.171. The molecule has 0 radical (unpaired) electrons. The molecule has 1 aromatic heterocycles. The number of aromatic nitrogens is 1. The third-order valence-electron chi connectivity index (χ3n) is 3.45. The molecule has 0 bridgehead atoms. The monoisotopic (exact) mass is 331 g/mol. The molecule has 2 rings (SSSR count). The SMILES string of the molecule is NC(=O)NCC(=O)N1CCN(c2ccc(C(F)(F)F)cn2)CC1. The second-order valence-electron chi connectivity index (χ2n) is 4.99. The zero-order valence-corrected chi connectivity index (χ0v) is 12.1. The fraction of sp³-hybridized carbons (Fsp3) is 0.462. The summed E-state index contributed by atoms with van der Waals surface area (Å²) in [6.45, 7) is 1.50. The molecule has 10 heteroatoms. The molecule has 1 saturated heterocycles. The van der Waals surface area contributed by atoms with Crippen molar-refractivity contribution in [2.45, 2.75) is 6.18 Å². The first-order valence-corrected chi connectivity index (χ1v) is 6.86. The number of urea groups is 1. The number of piperazine rings is 1. The molecule has 0 aliphatic carbocycles. The third-order valence-corrected chi connectivity index (χ3v) is 3.45. The summed E-state index contributed by atoms with van der Waals surface area (Å²) >= 11 is 0. The van der Waals surface area contributed by atoms with Crippen molar-refractivity contribution in [1.82, 2.24) is 15.2 Å². The number of pyridine rings is 1. The quantitative estimate of drug-likeness (QED) is 0.840.